The second kappa shape index (κ2) is 8.01. The number of aryl methyl sites for hydroxylation is 1. The molecule has 0 radical (unpaired) electrons. The Kier molecular flexibility index (Phi) is 5.68. The zero-order chi connectivity index (χ0) is 20.4. The van der Waals surface area contributed by atoms with Crippen LogP contribution >= 0.6 is 0 Å². The van der Waals surface area contributed by atoms with Crippen molar-refractivity contribution in [3.8, 4) is 0 Å². The highest BCUT2D eigenvalue weighted by molar-refractivity contribution is 6.11. The van der Waals surface area contributed by atoms with Gasteiger partial charge in [0.25, 0.3) is 0 Å². The summed E-state index contributed by atoms with van der Waals surface area (Å²) in [5.41, 5.74) is 11.1. The Morgan fingerprint density at radius 3 is 2.43 bits per heavy atom. The third kappa shape index (κ3) is 3.59. The predicted octanol–water partition coefficient (Wildman–Crippen LogP) is 4.89. The van der Waals surface area contributed by atoms with E-state index in [-0.39, 0.29) is 11.7 Å². The Labute approximate surface area is 166 Å². The van der Waals surface area contributed by atoms with Crippen molar-refractivity contribution < 1.29 is 9.59 Å². The van der Waals surface area contributed by atoms with Gasteiger partial charge in [0.05, 0.1) is 5.52 Å². The summed E-state index contributed by atoms with van der Waals surface area (Å²) in [7, 11) is 0. The van der Waals surface area contributed by atoms with Crippen molar-refractivity contribution in [2.24, 2.45) is 11.7 Å². The number of amides is 1. The van der Waals surface area contributed by atoms with Crippen molar-refractivity contribution in [1.82, 2.24) is 4.57 Å². The predicted molar refractivity (Wildman–Crippen MR) is 114 cm³/mol. The number of hydrogen-bond donors (Lipinski definition) is 1. The molecule has 0 aliphatic rings. The average Bonchev–Trinajstić information content (AvgIpc) is 2.95. The van der Waals surface area contributed by atoms with Crippen LogP contribution in [0.4, 0.5) is 0 Å². The number of hydrogen-bond acceptors (Lipinski definition) is 2. The van der Waals surface area contributed by atoms with Crippen LogP contribution in [0.15, 0.2) is 42.5 Å². The van der Waals surface area contributed by atoms with E-state index in [1.54, 1.807) is 6.07 Å². The molecule has 0 aliphatic heterocycles. The lowest BCUT2D eigenvalue weighted by Gasteiger charge is -2.14. The number of nitrogens with two attached hydrogens (primary N) is 1. The molecule has 1 amide bonds. The molecule has 0 aliphatic carbocycles. The van der Waals surface area contributed by atoms with Gasteiger partial charge in [-0.15, -0.1) is 0 Å². The Balaban J connectivity index is 2.33. The molecule has 0 atom stereocenters. The molecule has 1 heterocycles. The first kappa shape index (κ1) is 19.9. The number of aromatic nitrogens is 1. The van der Waals surface area contributed by atoms with E-state index in [9.17, 15) is 9.59 Å². The van der Waals surface area contributed by atoms with Gasteiger partial charge in [-0.2, -0.15) is 0 Å². The van der Waals surface area contributed by atoms with Gasteiger partial charge in [-0.25, -0.2) is 0 Å². The first-order valence-electron chi connectivity index (χ1n) is 9.88. The molecule has 3 rings (SSSR count). The fourth-order valence-corrected chi connectivity index (χ4v) is 3.75. The van der Waals surface area contributed by atoms with Crippen molar-refractivity contribution in [2.75, 3.05) is 0 Å². The smallest absolute Gasteiger partial charge is 0.248 e. The number of benzene rings is 2. The number of ketones is 1. The molecule has 146 valence electrons. The Hall–Kier alpha value is -2.88. The van der Waals surface area contributed by atoms with Gasteiger partial charge in [-0.05, 0) is 36.6 Å². The summed E-state index contributed by atoms with van der Waals surface area (Å²) in [5.74, 6) is -0.410. The van der Waals surface area contributed by atoms with Crippen LogP contribution in [0.25, 0.3) is 10.9 Å². The third-order valence-corrected chi connectivity index (χ3v) is 5.30. The molecule has 28 heavy (non-hydrogen) atoms. The standard InChI is InChI=1S/C24H28N2O2/c1-5-8-20-22(23(27)15(2)3)19-12-11-17(24(25)28)13-21(19)26(20)14-18-10-7-6-9-16(18)4/h6-7,9-13,15H,5,8,14H2,1-4H3,(H2,25,28). The van der Waals surface area contributed by atoms with E-state index in [0.717, 1.165) is 35.0 Å². The highest BCUT2D eigenvalue weighted by atomic mass is 16.1. The van der Waals surface area contributed by atoms with E-state index in [1.165, 1.54) is 11.1 Å². The van der Waals surface area contributed by atoms with E-state index in [0.29, 0.717) is 12.1 Å². The number of carbonyl (C=O) groups is 2. The van der Waals surface area contributed by atoms with Crippen LogP contribution in [0.1, 0.15) is 64.7 Å². The lowest BCUT2D eigenvalue weighted by molar-refractivity contribution is 0.0939. The van der Waals surface area contributed by atoms with Gasteiger partial charge < -0.3 is 10.3 Å². The number of fused-ring (bicyclic) bond motifs is 1. The quantitative estimate of drug-likeness (QED) is 0.597. The summed E-state index contributed by atoms with van der Waals surface area (Å²) in [6.07, 6.45) is 1.74. The van der Waals surface area contributed by atoms with Crippen LogP contribution in [0.3, 0.4) is 0 Å². The molecule has 0 fully saturated rings. The van der Waals surface area contributed by atoms with Crippen molar-refractivity contribution in [3.63, 3.8) is 0 Å². The number of Topliss-reactive ketones (excluding diaryl/α,β-unsaturated/α-hetero) is 1. The SMILES string of the molecule is CCCc1c(C(=O)C(C)C)c2ccc(C(N)=O)cc2n1Cc1ccccc1C. The molecule has 2 N–H and O–H groups in total. The van der Waals surface area contributed by atoms with Gasteiger partial charge >= 0.3 is 0 Å². The maximum absolute atomic E-state index is 13.1. The fraction of sp³-hybridized carbons (Fsp3) is 0.333. The van der Waals surface area contributed by atoms with Gasteiger partial charge in [0.2, 0.25) is 5.91 Å². The normalized spacial score (nSPS) is 11.3. The number of primary amides is 1. The number of carbonyl (C=O) groups excluding carboxylic acids is 2. The van der Waals surface area contributed by atoms with Crippen molar-refractivity contribution >= 4 is 22.6 Å². The average molecular weight is 377 g/mol. The largest absolute Gasteiger partial charge is 0.366 e. The summed E-state index contributed by atoms with van der Waals surface area (Å²) in [6, 6.07) is 13.7. The molecule has 0 unspecified atom stereocenters. The van der Waals surface area contributed by atoms with Gasteiger partial charge in [0, 0.05) is 34.7 Å². The Morgan fingerprint density at radius 2 is 1.82 bits per heavy atom. The number of rotatable bonds is 7. The monoisotopic (exact) mass is 376 g/mol. The minimum Gasteiger partial charge on any atom is -0.366 e. The van der Waals surface area contributed by atoms with Crippen LogP contribution in [-0.4, -0.2) is 16.3 Å². The second-order valence-corrected chi connectivity index (χ2v) is 7.70. The van der Waals surface area contributed by atoms with Gasteiger partial charge in [0.1, 0.15) is 0 Å². The Morgan fingerprint density at radius 1 is 1.11 bits per heavy atom. The van der Waals surface area contributed by atoms with Crippen LogP contribution in [0.5, 0.6) is 0 Å². The van der Waals surface area contributed by atoms with E-state index in [4.69, 9.17) is 5.73 Å². The Bertz CT molecular complexity index is 1040. The maximum atomic E-state index is 13.1. The van der Waals surface area contributed by atoms with Crippen LogP contribution < -0.4 is 5.73 Å². The summed E-state index contributed by atoms with van der Waals surface area (Å²) in [5, 5.41) is 0.903. The van der Waals surface area contributed by atoms with E-state index in [2.05, 4.69) is 30.5 Å². The summed E-state index contributed by atoms with van der Waals surface area (Å²) < 4.78 is 2.20. The first-order valence-corrected chi connectivity index (χ1v) is 9.88. The number of nitrogens with zero attached hydrogens (tertiary/aromatic N) is 1. The second-order valence-electron chi connectivity index (χ2n) is 7.70. The highest BCUT2D eigenvalue weighted by Gasteiger charge is 2.24. The van der Waals surface area contributed by atoms with Gasteiger partial charge in [-0.3, -0.25) is 9.59 Å². The molecule has 3 aromatic rings. The van der Waals surface area contributed by atoms with E-state index >= 15 is 0 Å². The third-order valence-electron chi connectivity index (χ3n) is 5.30. The van der Waals surface area contributed by atoms with Crippen LogP contribution in [0.2, 0.25) is 0 Å². The molecular weight excluding hydrogens is 348 g/mol. The van der Waals surface area contributed by atoms with Crippen molar-refractivity contribution in [1.29, 1.82) is 0 Å². The van der Waals surface area contributed by atoms with E-state index in [1.807, 2.05) is 38.1 Å². The summed E-state index contributed by atoms with van der Waals surface area (Å²) in [4.78, 5) is 24.9. The molecule has 4 heteroatoms. The maximum Gasteiger partial charge on any atom is 0.248 e. The lowest BCUT2D eigenvalue weighted by atomic mass is 9.96. The van der Waals surface area contributed by atoms with Gasteiger partial charge in [0.15, 0.2) is 5.78 Å². The molecule has 0 bridgehead atoms. The fourth-order valence-electron chi connectivity index (χ4n) is 3.75. The topological polar surface area (TPSA) is 65.1 Å². The minimum atomic E-state index is -0.459. The zero-order valence-electron chi connectivity index (χ0n) is 17.1. The van der Waals surface area contributed by atoms with E-state index < -0.39 is 5.91 Å². The molecule has 0 spiro atoms. The molecular formula is C24H28N2O2. The first-order chi connectivity index (χ1) is 13.3. The van der Waals surface area contributed by atoms with Crippen molar-refractivity contribution in [3.05, 3.63) is 70.4 Å². The highest BCUT2D eigenvalue weighted by Crippen LogP contribution is 2.31. The molecule has 0 saturated heterocycles. The molecule has 2 aromatic carbocycles. The van der Waals surface area contributed by atoms with Crippen LogP contribution in [0, 0.1) is 12.8 Å². The zero-order valence-corrected chi connectivity index (χ0v) is 17.1. The lowest BCUT2D eigenvalue weighted by Crippen LogP contribution is -2.13. The minimum absolute atomic E-state index is 0.0936. The summed E-state index contributed by atoms with van der Waals surface area (Å²) >= 11 is 0. The molecule has 4 nitrogen and oxygen atoms in total. The molecule has 0 saturated carbocycles. The van der Waals surface area contributed by atoms with Gasteiger partial charge in [-0.1, -0.05) is 57.5 Å². The van der Waals surface area contributed by atoms with Crippen molar-refractivity contribution in [2.45, 2.75) is 47.1 Å². The molecule has 1 aromatic heterocycles. The van der Waals surface area contributed by atoms with Crippen LogP contribution in [-0.2, 0) is 13.0 Å². The summed E-state index contributed by atoms with van der Waals surface area (Å²) in [6.45, 7) is 8.73.